The molecule has 0 aromatic carbocycles. The number of nitrogens with zero attached hydrogens (tertiary/aromatic N) is 2. The van der Waals surface area contributed by atoms with Gasteiger partial charge in [-0.2, -0.15) is 0 Å². The average molecular weight is 329 g/mol. The molecule has 23 heavy (non-hydrogen) atoms. The van der Waals surface area contributed by atoms with Crippen molar-refractivity contribution in [2.45, 2.75) is 52.2 Å². The van der Waals surface area contributed by atoms with Crippen LogP contribution in [-0.4, -0.2) is 68.9 Å². The number of carbonyl (C=O) groups excluding carboxylic acids is 1. The lowest BCUT2D eigenvalue weighted by Crippen LogP contribution is -2.54. The summed E-state index contributed by atoms with van der Waals surface area (Å²) in [4.78, 5) is 18.2. The van der Waals surface area contributed by atoms with Gasteiger partial charge >= 0.3 is 6.09 Å². The van der Waals surface area contributed by atoms with Gasteiger partial charge in [0, 0.05) is 20.1 Å². The van der Waals surface area contributed by atoms with Crippen molar-refractivity contribution in [2.75, 3.05) is 40.8 Å². The van der Waals surface area contributed by atoms with Gasteiger partial charge < -0.3 is 25.6 Å². The van der Waals surface area contributed by atoms with Crippen LogP contribution in [0.5, 0.6) is 0 Å². The van der Waals surface area contributed by atoms with E-state index in [-0.39, 0.29) is 0 Å². The summed E-state index contributed by atoms with van der Waals surface area (Å²) in [5.41, 5.74) is -0.957. The summed E-state index contributed by atoms with van der Waals surface area (Å²) in [6.45, 7) is 11.8. The Labute approximate surface area is 141 Å². The molecule has 0 radical (unpaired) electrons. The van der Waals surface area contributed by atoms with Crippen molar-refractivity contribution < 1.29 is 9.53 Å². The predicted octanol–water partition coefficient (Wildman–Crippen LogP) is 1.41. The predicted molar refractivity (Wildman–Crippen MR) is 96.0 cm³/mol. The van der Waals surface area contributed by atoms with Gasteiger partial charge in [0.1, 0.15) is 5.60 Å². The summed E-state index contributed by atoms with van der Waals surface area (Å²) in [5.74, 6) is 0.725. The van der Waals surface area contributed by atoms with E-state index in [1.54, 1.807) is 7.05 Å². The molecule has 0 unspecified atom stereocenters. The van der Waals surface area contributed by atoms with E-state index >= 15 is 0 Å². The number of carbonyl (C=O) groups is 1. The fourth-order valence-electron chi connectivity index (χ4n) is 1.75. The van der Waals surface area contributed by atoms with E-state index in [2.05, 4.69) is 39.9 Å². The minimum atomic E-state index is -0.502. The van der Waals surface area contributed by atoms with Crippen LogP contribution in [0.3, 0.4) is 0 Å². The number of nitrogens with one attached hydrogen (secondary N) is 3. The second kappa shape index (κ2) is 9.60. The summed E-state index contributed by atoms with van der Waals surface area (Å²) in [7, 11) is 5.84. The maximum absolute atomic E-state index is 11.9. The minimum absolute atomic E-state index is 0.418. The second-order valence-corrected chi connectivity index (χ2v) is 7.52. The summed E-state index contributed by atoms with van der Waals surface area (Å²) < 4.78 is 5.28. The molecule has 0 heterocycles. The van der Waals surface area contributed by atoms with Crippen LogP contribution < -0.4 is 16.0 Å². The molecule has 0 atom stereocenters. The molecule has 0 fully saturated rings. The van der Waals surface area contributed by atoms with Gasteiger partial charge in [0.05, 0.1) is 5.54 Å². The van der Waals surface area contributed by atoms with E-state index < -0.39 is 17.2 Å². The Morgan fingerprint density at radius 3 is 2.22 bits per heavy atom. The summed E-state index contributed by atoms with van der Waals surface area (Å²) in [5, 5.41) is 9.34. The van der Waals surface area contributed by atoms with Crippen LogP contribution in [0.2, 0.25) is 0 Å². The van der Waals surface area contributed by atoms with Crippen LogP contribution in [0.4, 0.5) is 4.79 Å². The number of hydrogen-bond donors (Lipinski definition) is 3. The third-order valence-corrected chi connectivity index (χ3v) is 2.84. The number of ether oxygens (including phenoxy) is 1. The summed E-state index contributed by atoms with van der Waals surface area (Å²) >= 11 is 0. The van der Waals surface area contributed by atoms with E-state index in [1.165, 1.54) is 0 Å². The SMILES string of the molecule is CN=C(NCCCN(C)C)NCC(C)(C)NC(=O)OC(C)(C)C. The summed E-state index contributed by atoms with van der Waals surface area (Å²) in [6.07, 6.45) is 0.617. The van der Waals surface area contributed by atoms with E-state index in [0.29, 0.717) is 6.54 Å². The van der Waals surface area contributed by atoms with Gasteiger partial charge in [0.2, 0.25) is 0 Å². The maximum Gasteiger partial charge on any atom is 0.408 e. The average Bonchev–Trinajstić information content (AvgIpc) is 2.34. The van der Waals surface area contributed by atoms with Gasteiger partial charge in [-0.3, -0.25) is 4.99 Å². The normalized spacial score (nSPS) is 13.0. The van der Waals surface area contributed by atoms with Crippen LogP contribution >= 0.6 is 0 Å². The van der Waals surface area contributed by atoms with Gasteiger partial charge in [-0.05, 0) is 61.7 Å². The quantitative estimate of drug-likeness (QED) is 0.374. The topological polar surface area (TPSA) is 78.0 Å². The number of alkyl carbamates (subject to hydrolysis) is 1. The van der Waals surface area contributed by atoms with Crippen LogP contribution in [0.1, 0.15) is 41.0 Å². The highest BCUT2D eigenvalue weighted by Crippen LogP contribution is 2.09. The third-order valence-electron chi connectivity index (χ3n) is 2.84. The largest absolute Gasteiger partial charge is 0.444 e. The first kappa shape index (κ1) is 21.5. The monoisotopic (exact) mass is 329 g/mol. The van der Waals surface area contributed by atoms with Gasteiger partial charge in [-0.1, -0.05) is 0 Å². The highest BCUT2D eigenvalue weighted by molar-refractivity contribution is 5.79. The van der Waals surface area contributed by atoms with Crippen LogP contribution in [0.15, 0.2) is 4.99 Å². The molecule has 0 aliphatic heterocycles. The number of guanidine groups is 1. The first-order chi connectivity index (χ1) is 10.4. The van der Waals surface area contributed by atoms with Crippen molar-refractivity contribution in [1.29, 1.82) is 0 Å². The van der Waals surface area contributed by atoms with Gasteiger partial charge in [0.25, 0.3) is 0 Å². The number of rotatable bonds is 7. The first-order valence-corrected chi connectivity index (χ1v) is 8.05. The van der Waals surface area contributed by atoms with Crippen LogP contribution in [0, 0.1) is 0 Å². The molecule has 0 rings (SSSR count). The molecule has 0 spiro atoms. The van der Waals surface area contributed by atoms with E-state index in [0.717, 1.165) is 25.5 Å². The number of aliphatic imine (C=N–C) groups is 1. The smallest absolute Gasteiger partial charge is 0.408 e. The zero-order valence-electron chi connectivity index (χ0n) is 16.0. The van der Waals surface area contributed by atoms with Crippen molar-refractivity contribution in [2.24, 2.45) is 4.99 Å². The lowest BCUT2D eigenvalue weighted by Gasteiger charge is -2.29. The molecule has 0 saturated heterocycles. The standard InChI is InChI=1S/C16H35N5O2/c1-15(2,3)23-14(22)20-16(4,5)12-19-13(17-6)18-10-9-11-21(7)8/h9-12H2,1-8H3,(H,20,22)(H2,17,18,19). The fourth-order valence-corrected chi connectivity index (χ4v) is 1.75. The Balaban J connectivity index is 4.20. The van der Waals surface area contributed by atoms with Gasteiger partial charge in [0.15, 0.2) is 5.96 Å². The molecule has 0 saturated carbocycles. The molecule has 7 heteroatoms. The molecule has 0 aromatic heterocycles. The Morgan fingerprint density at radius 1 is 1.13 bits per heavy atom. The zero-order valence-corrected chi connectivity index (χ0v) is 16.0. The van der Waals surface area contributed by atoms with Crippen LogP contribution in [-0.2, 0) is 4.74 Å². The molecular weight excluding hydrogens is 294 g/mol. The zero-order chi connectivity index (χ0) is 18.1. The molecule has 0 bridgehead atoms. The Hall–Kier alpha value is -1.50. The molecule has 136 valence electrons. The number of hydrogen-bond acceptors (Lipinski definition) is 4. The van der Waals surface area contributed by atoms with Gasteiger partial charge in [-0.15, -0.1) is 0 Å². The Bertz CT molecular complexity index is 386. The molecule has 0 aromatic rings. The number of amides is 1. The Kier molecular flexibility index (Phi) is 8.97. The fraction of sp³-hybridized carbons (Fsp3) is 0.875. The van der Waals surface area contributed by atoms with Crippen molar-refractivity contribution in [3.8, 4) is 0 Å². The molecule has 3 N–H and O–H groups in total. The highest BCUT2D eigenvalue weighted by Gasteiger charge is 2.24. The van der Waals surface area contributed by atoms with Crippen molar-refractivity contribution in [3.63, 3.8) is 0 Å². The minimum Gasteiger partial charge on any atom is -0.444 e. The molecule has 0 aliphatic carbocycles. The van der Waals surface area contributed by atoms with E-state index in [1.807, 2.05) is 34.6 Å². The van der Waals surface area contributed by atoms with E-state index in [4.69, 9.17) is 4.74 Å². The molecular formula is C16H35N5O2. The lowest BCUT2D eigenvalue weighted by atomic mass is 10.1. The molecule has 1 amide bonds. The van der Waals surface area contributed by atoms with Crippen LogP contribution in [0.25, 0.3) is 0 Å². The third kappa shape index (κ3) is 12.7. The van der Waals surface area contributed by atoms with Crippen molar-refractivity contribution in [3.05, 3.63) is 0 Å². The maximum atomic E-state index is 11.9. The van der Waals surface area contributed by atoms with Crippen molar-refractivity contribution in [1.82, 2.24) is 20.9 Å². The van der Waals surface area contributed by atoms with E-state index in [9.17, 15) is 4.79 Å². The Morgan fingerprint density at radius 2 is 1.74 bits per heavy atom. The first-order valence-electron chi connectivity index (χ1n) is 8.05. The summed E-state index contributed by atoms with van der Waals surface area (Å²) in [6, 6.07) is 0. The molecule has 0 aliphatic rings. The van der Waals surface area contributed by atoms with Gasteiger partial charge in [-0.25, -0.2) is 4.79 Å². The van der Waals surface area contributed by atoms with Crippen molar-refractivity contribution >= 4 is 12.1 Å². The lowest BCUT2D eigenvalue weighted by molar-refractivity contribution is 0.0474. The second-order valence-electron chi connectivity index (χ2n) is 7.52. The highest BCUT2D eigenvalue weighted by atomic mass is 16.6. The molecule has 7 nitrogen and oxygen atoms in total.